The Morgan fingerprint density at radius 3 is 0.710 bits per heavy atom. The third-order valence-electron chi connectivity index (χ3n) is 9.63. The summed E-state index contributed by atoms with van der Waals surface area (Å²) in [6, 6.07) is 60.5. The largest absolute Gasteiger partial charge is 0.326 e. The zero-order valence-electron chi connectivity index (χ0n) is 46.3. The van der Waals surface area contributed by atoms with E-state index in [9.17, 15) is 9.59 Å². The number of rotatable bonds is 14. The van der Waals surface area contributed by atoms with Crippen molar-refractivity contribution in [1.29, 1.82) is 0 Å². The molecule has 0 saturated heterocycles. The fraction of sp³-hybridized carbons (Fsp3) is 0.415. The van der Waals surface area contributed by atoms with Crippen LogP contribution in [-0.4, -0.2) is 11.8 Å². The lowest BCUT2D eigenvalue weighted by Gasteiger charge is -2.20. The van der Waals surface area contributed by atoms with Gasteiger partial charge in [-0.15, -0.1) is 0 Å². The molecular weight excluding hydrogens is 841 g/mol. The van der Waals surface area contributed by atoms with Crippen LogP contribution in [0.15, 0.2) is 182 Å². The van der Waals surface area contributed by atoms with Gasteiger partial charge in [0, 0.05) is 11.4 Å². The van der Waals surface area contributed by atoms with Crippen LogP contribution in [-0.2, 0) is 9.59 Å². The van der Waals surface area contributed by atoms with E-state index in [2.05, 4.69) is 73.0 Å². The van der Waals surface area contributed by atoms with E-state index in [-0.39, 0.29) is 31.1 Å². The van der Waals surface area contributed by atoms with Gasteiger partial charge < -0.3 is 10.6 Å². The molecule has 0 aliphatic carbocycles. The van der Waals surface area contributed by atoms with E-state index in [0.29, 0.717) is 11.8 Å². The molecule has 4 nitrogen and oxygen atoms in total. The van der Waals surface area contributed by atoms with E-state index in [1.54, 1.807) is 0 Å². The maximum absolute atomic E-state index is 13.0. The average molecular weight is 944 g/mol. The van der Waals surface area contributed by atoms with Crippen LogP contribution < -0.4 is 10.6 Å². The van der Waals surface area contributed by atoms with Crippen LogP contribution in [0, 0.1) is 0 Å². The second-order valence-corrected chi connectivity index (χ2v) is 13.4. The van der Waals surface area contributed by atoms with Crippen LogP contribution in [0.5, 0.6) is 0 Å². The highest BCUT2D eigenvalue weighted by Crippen LogP contribution is 2.30. The molecule has 6 aromatic rings. The van der Waals surface area contributed by atoms with Crippen LogP contribution in [0.1, 0.15) is 204 Å². The van der Waals surface area contributed by atoms with Crippen LogP contribution in [0.3, 0.4) is 0 Å². The Morgan fingerprint density at radius 2 is 0.493 bits per heavy atom. The molecule has 2 N–H and O–H groups in total. The van der Waals surface area contributed by atoms with Gasteiger partial charge in [0.1, 0.15) is 0 Å². The molecule has 6 aromatic carbocycles. The van der Waals surface area contributed by atoms with Crippen molar-refractivity contribution in [3.8, 4) is 0 Å². The molecular formula is C65H102N2O2. The minimum absolute atomic E-state index is 0. The molecule has 0 aliphatic rings. The number of para-hydroxylation sites is 2. The van der Waals surface area contributed by atoms with Gasteiger partial charge in [-0.25, -0.2) is 0 Å². The number of hydrogen-bond acceptors (Lipinski definition) is 2. The Hall–Kier alpha value is -5.74. The van der Waals surface area contributed by atoms with E-state index < -0.39 is 0 Å². The van der Waals surface area contributed by atoms with Crippen molar-refractivity contribution in [2.45, 2.75) is 181 Å². The summed E-state index contributed by atoms with van der Waals surface area (Å²) in [4.78, 5) is 25.9. The number of nitrogens with one attached hydrogen (secondary N) is 2. The molecule has 2 amide bonds. The first kappa shape index (κ1) is 72.2. The highest BCUT2D eigenvalue weighted by atomic mass is 16.2. The Balaban J connectivity index is -0.000000303. The monoisotopic (exact) mass is 943 g/mol. The zero-order chi connectivity index (χ0) is 52.4. The molecule has 0 spiro atoms. The lowest BCUT2D eigenvalue weighted by atomic mass is 9.87. The van der Waals surface area contributed by atoms with Gasteiger partial charge in [-0.1, -0.05) is 290 Å². The summed E-state index contributed by atoms with van der Waals surface area (Å²) in [6.45, 7) is 36.5. The minimum atomic E-state index is -0.150. The van der Waals surface area contributed by atoms with Crippen molar-refractivity contribution in [2.75, 3.05) is 10.6 Å². The van der Waals surface area contributed by atoms with Crippen molar-refractivity contribution < 1.29 is 9.59 Å². The molecule has 384 valence electrons. The van der Waals surface area contributed by atoms with Crippen molar-refractivity contribution in [3.05, 3.63) is 204 Å². The third kappa shape index (κ3) is 31.8. The van der Waals surface area contributed by atoms with Crippen molar-refractivity contribution in [2.24, 2.45) is 0 Å². The molecule has 0 aliphatic heterocycles. The summed E-state index contributed by atoms with van der Waals surface area (Å²) in [6.07, 6.45) is 3.56. The van der Waals surface area contributed by atoms with E-state index in [1.807, 2.05) is 244 Å². The highest BCUT2D eigenvalue weighted by molar-refractivity contribution is 5.96. The lowest BCUT2D eigenvalue weighted by molar-refractivity contribution is -0.118. The molecule has 0 fully saturated rings. The van der Waals surface area contributed by atoms with Crippen LogP contribution in [0.4, 0.5) is 11.4 Å². The fourth-order valence-corrected chi connectivity index (χ4v) is 6.50. The first-order valence-corrected chi connectivity index (χ1v) is 26.4. The van der Waals surface area contributed by atoms with E-state index in [1.165, 1.54) is 11.1 Å². The molecule has 0 heterocycles. The molecule has 2 unspecified atom stereocenters. The Bertz CT molecular complexity index is 1740. The predicted molar refractivity (Wildman–Crippen MR) is 314 cm³/mol. The van der Waals surface area contributed by atoms with Gasteiger partial charge >= 0.3 is 0 Å². The van der Waals surface area contributed by atoms with E-state index in [4.69, 9.17) is 0 Å². The molecule has 4 atom stereocenters. The number of amides is 2. The smallest absolute Gasteiger partial charge is 0.231 e. The Morgan fingerprint density at radius 1 is 0.304 bits per heavy atom. The number of benzene rings is 6. The van der Waals surface area contributed by atoms with Gasteiger partial charge in [0.15, 0.2) is 0 Å². The summed E-state index contributed by atoms with van der Waals surface area (Å²) in [5.74, 6) is 0.661. The Labute approximate surface area is 427 Å². The summed E-state index contributed by atoms with van der Waals surface area (Å²) < 4.78 is 0. The Kier molecular flexibility index (Phi) is 55.7. The summed E-state index contributed by atoms with van der Waals surface area (Å²) >= 11 is 0. The second kappa shape index (κ2) is 53.2. The van der Waals surface area contributed by atoms with Crippen molar-refractivity contribution in [3.63, 3.8) is 0 Å². The van der Waals surface area contributed by atoms with E-state index in [0.717, 1.165) is 48.2 Å². The molecule has 0 bridgehead atoms. The van der Waals surface area contributed by atoms with Crippen LogP contribution >= 0.6 is 0 Å². The van der Waals surface area contributed by atoms with Crippen molar-refractivity contribution >= 4 is 23.2 Å². The van der Waals surface area contributed by atoms with Gasteiger partial charge in [0.05, 0.1) is 11.8 Å². The maximum Gasteiger partial charge on any atom is 0.231 e. The first-order valence-electron chi connectivity index (χ1n) is 26.4. The van der Waals surface area contributed by atoms with Crippen LogP contribution in [0.2, 0.25) is 0 Å². The zero-order valence-corrected chi connectivity index (χ0v) is 46.3. The highest BCUT2D eigenvalue weighted by Gasteiger charge is 2.23. The quantitative estimate of drug-likeness (QED) is 0.114. The predicted octanol–water partition coefficient (Wildman–Crippen LogP) is 20.8. The van der Waals surface area contributed by atoms with Crippen molar-refractivity contribution in [1.82, 2.24) is 0 Å². The summed E-state index contributed by atoms with van der Waals surface area (Å²) in [5.41, 5.74) is 6.47. The average Bonchev–Trinajstić information content (AvgIpc) is 3.45. The molecule has 4 heteroatoms. The maximum atomic E-state index is 13.0. The summed E-state index contributed by atoms with van der Waals surface area (Å²) in [7, 11) is 0. The van der Waals surface area contributed by atoms with Gasteiger partial charge in [-0.2, -0.15) is 0 Å². The number of hydrogen-bond donors (Lipinski definition) is 2. The van der Waals surface area contributed by atoms with Gasteiger partial charge in [0.25, 0.3) is 0 Å². The second-order valence-electron chi connectivity index (χ2n) is 13.4. The molecule has 6 rings (SSSR count). The molecule has 0 aromatic heterocycles. The van der Waals surface area contributed by atoms with Crippen LogP contribution in [0.25, 0.3) is 0 Å². The number of carbonyl (C=O) groups excluding carboxylic acids is 2. The SMILES string of the molecule is C.CC.CC.CC.CC.CC.CC.CC.CC.CC(CC[C@@H](C(=O)Nc1ccccc1)c1ccccc1)c1ccccc1.CC(CC[C@H](C(=O)Nc1ccccc1)c1ccccc1)c1ccccc1. The van der Waals surface area contributed by atoms with Gasteiger partial charge in [-0.3, -0.25) is 9.59 Å². The summed E-state index contributed by atoms with van der Waals surface area (Å²) in [5, 5.41) is 6.13. The molecule has 69 heavy (non-hydrogen) atoms. The number of carbonyl (C=O) groups is 2. The third-order valence-corrected chi connectivity index (χ3v) is 9.63. The van der Waals surface area contributed by atoms with E-state index >= 15 is 0 Å². The topological polar surface area (TPSA) is 58.2 Å². The molecule has 0 radical (unpaired) electrons. The minimum Gasteiger partial charge on any atom is -0.326 e. The van der Waals surface area contributed by atoms with Gasteiger partial charge in [0.2, 0.25) is 11.8 Å². The normalized spacial score (nSPS) is 10.5. The van der Waals surface area contributed by atoms with Gasteiger partial charge in [-0.05, 0) is 84.0 Å². The first-order chi connectivity index (χ1) is 33.5. The number of anilines is 2. The lowest BCUT2D eigenvalue weighted by Crippen LogP contribution is -2.21. The fourth-order valence-electron chi connectivity index (χ4n) is 6.50. The molecule has 0 saturated carbocycles. The standard InChI is InChI=1S/2C24H25NO.8C2H6.CH4/c2*1-19(20-11-5-2-6-12-20)17-18-23(21-13-7-3-8-14-21)24(26)25-22-15-9-4-10-16-22;8*1-2;/h2*2-16,19,23H,17-18H2,1H3,(H,25,26);8*1-2H3;1H4/t2*19?,23-;;;;;;;;;/m10........./s1.